The Kier molecular flexibility index (Phi) is 35.0. The minimum Gasteiger partial charge on any atom is -0.512 e. The second-order valence-electron chi connectivity index (χ2n) is 33.1. The largest absolute Gasteiger partial charge is 0.512 e. The van der Waals surface area contributed by atoms with E-state index in [-0.39, 0.29) is 31.6 Å². The van der Waals surface area contributed by atoms with E-state index >= 15 is 0 Å². The Hall–Kier alpha value is -15.3. The maximum Gasteiger partial charge on any atom is 0.265 e. The first-order valence-electron chi connectivity index (χ1n) is 46.3. The molecule has 2 unspecified atom stereocenters. The van der Waals surface area contributed by atoms with Gasteiger partial charge in [-0.15, -0.1) is 45.1 Å². The van der Waals surface area contributed by atoms with Gasteiger partial charge in [-0.25, -0.2) is 0 Å². The van der Waals surface area contributed by atoms with Crippen LogP contribution in [-0.4, -0.2) is 63.9 Å². The summed E-state index contributed by atoms with van der Waals surface area (Å²) in [5.41, 5.74) is 29.7. The molecule has 1 N–H and O–H groups in total. The van der Waals surface area contributed by atoms with Crippen LogP contribution in [0, 0.1) is 19.9 Å². The van der Waals surface area contributed by atoms with Crippen LogP contribution in [0.15, 0.2) is 490 Å². The minimum absolute atomic E-state index is 0. The predicted molar refractivity (Wildman–Crippen MR) is 608 cm³/mol. The summed E-state index contributed by atoms with van der Waals surface area (Å²) in [6.45, 7) is 10.8. The molecule has 684 valence electrons. The van der Waals surface area contributed by atoms with Crippen LogP contribution in [-0.2, 0) is 24.9 Å². The van der Waals surface area contributed by atoms with Gasteiger partial charge in [0.2, 0.25) is 0 Å². The monoisotopic (exact) mass is 2050 g/mol. The van der Waals surface area contributed by atoms with Gasteiger partial charge in [0, 0.05) is 121 Å². The molecule has 0 aliphatic heterocycles. The number of anilines is 6. The molecular weight excluding hydrogens is 1950 g/mol. The molecule has 0 spiro atoms. The van der Waals surface area contributed by atoms with Gasteiger partial charge in [-0.05, 0) is 225 Å². The van der Waals surface area contributed by atoms with Gasteiger partial charge in [0.05, 0.1) is 58.1 Å². The molecule has 10 nitrogen and oxygen atoms in total. The van der Waals surface area contributed by atoms with Crippen molar-refractivity contribution in [3.63, 3.8) is 0 Å². The Bertz CT molecular complexity index is 7560. The summed E-state index contributed by atoms with van der Waals surface area (Å²) in [7, 11) is 16.6. The number of rotatable bonds is 14. The number of hydrogen-bond donors (Lipinski definition) is 1. The molecule has 6 radical (unpaired) electrons. The number of carbonyl (C=O) groups is 1. The molecule has 0 aliphatic rings. The van der Waals surface area contributed by atoms with E-state index in [1.165, 1.54) is 141 Å². The number of aliphatic hydroxyl groups is 1. The van der Waals surface area contributed by atoms with Gasteiger partial charge in [-0.2, -0.15) is 9.12 Å². The summed E-state index contributed by atoms with van der Waals surface area (Å²) in [4.78, 5) is 28.7. The Balaban J connectivity index is 0.000000142. The van der Waals surface area contributed by atoms with E-state index in [4.69, 9.17) is 22.9 Å². The average Bonchev–Trinajstić information content (AvgIpc) is 1.65. The Labute approximate surface area is 849 Å². The van der Waals surface area contributed by atoms with E-state index in [0.717, 1.165) is 78.6 Å². The summed E-state index contributed by atoms with van der Waals surface area (Å²) in [5, 5.41) is 20.7. The Morgan fingerprint density at radius 3 is 1.03 bits per heavy atom. The van der Waals surface area contributed by atoms with Crippen LogP contribution in [0.5, 0.6) is 0 Å². The van der Waals surface area contributed by atoms with Gasteiger partial charge in [0.1, 0.15) is 7.00 Å². The quantitative estimate of drug-likeness (QED) is 0.0289. The van der Waals surface area contributed by atoms with Crippen LogP contribution in [0.25, 0.3) is 154 Å². The molecular formula is C124H102B3IrN8O2P3-. The van der Waals surface area contributed by atoms with Crippen molar-refractivity contribution in [3.05, 3.63) is 503 Å². The fourth-order valence-electron chi connectivity index (χ4n) is 17.7. The molecule has 0 bridgehead atoms. The first kappa shape index (κ1) is 100. The fourth-order valence-corrected chi connectivity index (χ4v) is 17.7. The van der Waals surface area contributed by atoms with Crippen LogP contribution >= 0.6 is 27.4 Å². The Morgan fingerprint density at radius 2 is 0.702 bits per heavy atom. The van der Waals surface area contributed by atoms with Crippen LogP contribution in [0.4, 0.5) is 34.1 Å². The zero-order valence-electron chi connectivity index (χ0n) is 79.0. The number of pyridine rings is 3. The van der Waals surface area contributed by atoms with Crippen molar-refractivity contribution in [2.45, 2.75) is 34.5 Å². The summed E-state index contributed by atoms with van der Waals surface area (Å²) in [6, 6.07) is 169. The minimum atomic E-state index is -0.125. The molecule has 0 saturated carbocycles. The topological polar surface area (TPSA) is 105 Å². The molecule has 0 saturated heterocycles. The second-order valence-corrected chi connectivity index (χ2v) is 34.5. The van der Waals surface area contributed by atoms with Crippen molar-refractivity contribution in [3.8, 4) is 67.1 Å². The van der Waals surface area contributed by atoms with Crippen LogP contribution < -0.4 is 9.80 Å². The smallest absolute Gasteiger partial charge is 0.265 e. The third-order valence-corrected chi connectivity index (χ3v) is 23.6. The van der Waals surface area contributed by atoms with Crippen LogP contribution in [0.3, 0.4) is 0 Å². The summed E-state index contributed by atoms with van der Waals surface area (Å²) in [6.07, 6.45) is 2.95. The fraction of sp³-hybridized carbons (Fsp3) is 0.0484. The first-order valence-corrected chi connectivity index (χ1v) is 48.3. The third-order valence-electron chi connectivity index (χ3n) is 23.6. The SMILES string of the molecule is CC(=O)C=C(C)O.C[B]P.Cc1cc(-c2ccccc2)c2ccc3c(-c4ccccc4)cc(C)nc3c2n1.[B]CP.[B]N=P.[Ir].[c-]1ccccc1-c1ccccn1.c1ccc(N(c2ccc(-c3ccc(N(c4ccccc4)c4cccc5ccccc45)cc3)cc2)c2cccc3ccccc23)cc1.c1ccc2c(c1)c1ccccc1n2-c1ccc(-c2ccc(-n3c4ccccc4c4ccccc43)cc2)cc1. The molecule has 23 rings (SSSR count). The van der Waals surface area contributed by atoms with Crippen molar-refractivity contribution in [1.82, 2.24) is 24.1 Å². The second kappa shape index (κ2) is 49.3. The Morgan fingerprint density at radius 1 is 0.397 bits per heavy atom. The van der Waals surface area contributed by atoms with E-state index in [2.05, 4.69) is 496 Å². The molecule has 0 aliphatic carbocycles. The number of aromatic nitrogens is 5. The van der Waals surface area contributed by atoms with Crippen molar-refractivity contribution in [1.29, 1.82) is 0 Å². The normalized spacial score (nSPS) is 10.7. The standard InChI is InChI=1S/C44H32N2.C36H24N2.C26H20N2.C11H8N.C5H8O2.CH5BP.CH4BP.BHNP.Ir/c1-3-17-37(18-4-1)45(43-23-11-15-35-13-7-9-21-41(35)43)39-29-25-33(26-30-39)34-27-31-40(32-28-34)46(38-19-5-2-6-20-38)44-24-12-16-36-14-8-10-22-42(36)44;1-5-13-33-29(9-1)30-10-2-6-14-34(30)37(33)27-21-17-25(18-22-27)26-19-23-28(24-20-26)38-35-15-7-3-11-31(35)32-12-4-8-16-36(32)38;1-17-15-23(19-9-5-3-6-10-19)21-13-14-22-24(20-11-7-4-8-12-20)16-18(2)28-26(22)25(21)27-17;1-2-6-10(7-3-1)11-8-4-5-9-12-11;1-4(6)3-5(2)7;1-2-3;2-1-3;1-2-3;/h1-32H;1-24H;3-16H,1-2H3;1-6,8-9H;3,6H,1-2H3;3H2,1H3;1,3H2;3H;/q;;;-1;;;;;. The van der Waals surface area contributed by atoms with Gasteiger partial charge in [-0.1, -0.05) is 328 Å². The van der Waals surface area contributed by atoms with E-state index < -0.39 is 0 Å². The number of benzene rings is 18. The number of ketones is 1. The number of para-hydroxylation sites is 6. The molecule has 5 heterocycles. The van der Waals surface area contributed by atoms with Crippen molar-refractivity contribution >= 4 is 177 Å². The molecule has 17 heteroatoms. The number of fused-ring (bicyclic) bond motifs is 11. The van der Waals surface area contributed by atoms with Gasteiger partial charge < -0.3 is 33.7 Å². The zero-order valence-corrected chi connectivity index (χ0v) is 84.7. The van der Waals surface area contributed by atoms with Crippen molar-refractivity contribution in [2.24, 2.45) is 4.66 Å². The first-order chi connectivity index (χ1) is 68.7. The van der Waals surface area contributed by atoms with E-state index in [1.807, 2.05) is 68.4 Å². The number of carbonyl (C=O) groups excluding carboxylic acids is 1. The van der Waals surface area contributed by atoms with E-state index in [1.54, 1.807) is 6.20 Å². The molecule has 141 heavy (non-hydrogen) atoms. The molecule has 18 aromatic carbocycles. The predicted octanol–water partition coefficient (Wildman–Crippen LogP) is 33.4. The molecule has 2 atom stereocenters. The number of nitrogens with zero attached hydrogens (tertiary/aromatic N) is 8. The van der Waals surface area contributed by atoms with E-state index in [0.29, 0.717) is 6.06 Å². The van der Waals surface area contributed by atoms with Crippen LogP contribution in [0.2, 0.25) is 6.82 Å². The van der Waals surface area contributed by atoms with Gasteiger partial charge in [0.15, 0.2) is 5.78 Å². The number of aliphatic hydroxyl groups excluding tert-OH is 1. The number of allylic oxidation sites excluding steroid dienone is 2. The summed E-state index contributed by atoms with van der Waals surface area (Å²) < 4.78 is 7.53. The summed E-state index contributed by atoms with van der Waals surface area (Å²) >= 11 is 0. The zero-order chi connectivity index (χ0) is 97.1. The van der Waals surface area contributed by atoms with Gasteiger partial charge in [-0.3, -0.25) is 14.8 Å². The molecule has 5 aromatic heterocycles. The number of hydrogen-bond acceptors (Lipinski definition) is 8. The van der Waals surface area contributed by atoms with Crippen molar-refractivity contribution < 1.29 is 30.0 Å². The van der Waals surface area contributed by atoms with E-state index in [9.17, 15) is 4.79 Å². The van der Waals surface area contributed by atoms with Gasteiger partial charge >= 0.3 is 0 Å². The molecule has 23 aromatic rings. The number of aryl methyl sites for hydroxylation is 2. The van der Waals surface area contributed by atoms with Crippen LogP contribution in [0.1, 0.15) is 25.2 Å². The third kappa shape index (κ3) is 24.0. The maximum atomic E-state index is 10.0. The van der Waals surface area contributed by atoms with Crippen molar-refractivity contribution in [2.75, 3.05) is 15.9 Å². The van der Waals surface area contributed by atoms with Gasteiger partial charge in [0.25, 0.3) is 7.98 Å². The molecule has 0 fully saturated rings. The average molecular weight is 2050 g/mol. The molecule has 0 amide bonds. The maximum absolute atomic E-state index is 10.0. The summed E-state index contributed by atoms with van der Waals surface area (Å²) in [5.74, 6) is -0.0625.